The lowest BCUT2D eigenvalue weighted by molar-refractivity contribution is 0.254. The van der Waals surface area contributed by atoms with Gasteiger partial charge < -0.3 is 10.6 Å². The van der Waals surface area contributed by atoms with Crippen molar-refractivity contribution in [3.63, 3.8) is 0 Å². The van der Waals surface area contributed by atoms with Crippen molar-refractivity contribution in [1.82, 2.24) is 5.32 Å². The molecule has 0 atom stereocenters. The minimum absolute atomic E-state index is 0.265. The van der Waals surface area contributed by atoms with Gasteiger partial charge in [0.2, 0.25) is 0 Å². The average molecular weight is 264 g/mol. The molecule has 0 aliphatic carbocycles. The molecule has 1 aromatic carbocycles. The molecule has 0 bridgehead atoms. The molecule has 1 aromatic rings. The van der Waals surface area contributed by atoms with Gasteiger partial charge in [0.15, 0.2) is 0 Å². The van der Waals surface area contributed by atoms with E-state index >= 15 is 0 Å². The third-order valence-corrected chi connectivity index (χ3v) is 2.64. The highest BCUT2D eigenvalue weighted by Crippen LogP contribution is 2.25. The van der Waals surface area contributed by atoms with Crippen molar-refractivity contribution < 1.29 is 4.79 Å². The van der Waals surface area contributed by atoms with Crippen molar-refractivity contribution in [3.05, 3.63) is 27.7 Å². The molecule has 5 heteroatoms. The fourth-order valence-corrected chi connectivity index (χ4v) is 1.19. The summed E-state index contributed by atoms with van der Waals surface area (Å²) in [5, 5.41) is 5.61. The monoisotopic (exact) mass is 262 g/mol. The fraction of sp³-hybridized carbons (Fsp3) is 0.125. The summed E-state index contributed by atoms with van der Waals surface area (Å²) < 4.78 is 0.802. The Balaban J connectivity index is 2.79. The summed E-state index contributed by atoms with van der Waals surface area (Å²) in [4.78, 5) is 10.9. The van der Waals surface area contributed by atoms with Crippen LogP contribution in [0.2, 0.25) is 5.02 Å². The number of carbonyl (C=O) groups excluding carboxylic acids is 1. The van der Waals surface area contributed by atoms with Crippen LogP contribution in [0.3, 0.4) is 0 Å². The van der Waals surface area contributed by atoms with Gasteiger partial charge in [-0.3, -0.25) is 0 Å². The second kappa shape index (κ2) is 4.48. The van der Waals surface area contributed by atoms with Gasteiger partial charge in [-0.05, 0) is 34.1 Å². The van der Waals surface area contributed by atoms with Gasteiger partial charge in [-0.2, -0.15) is 0 Å². The number of carbonyl (C=O) groups is 1. The Bertz CT molecular complexity index is 330. The quantitative estimate of drug-likeness (QED) is 0.804. The second-order valence-corrected chi connectivity index (χ2v) is 3.59. The maximum Gasteiger partial charge on any atom is 0.318 e. The molecule has 0 aliphatic rings. The van der Waals surface area contributed by atoms with Crippen LogP contribution in [-0.4, -0.2) is 13.1 Å². The largest absolute Gasteiger partial charge is 0.341 e. The highest BCUT2D eigenvalue weighted by atomic mass is 79.9. The van der Waals surface area contributed by atoms with Crippen LogP contribution in [0.5, 0.6) is 0 Å². The molecule has 0 fully saturated rings. The van der Waals surface area contributed by atoms with Gasteiger partial charge in [0.05, 0.1) is 5.02 Å². The Labute approximate surface area is 89.6 Å². The lowest BCUT2D eigenvalue weighted by Crippen LogP contribution is -2.24. The van der Waals surface area contributed by atoms with Gasteiger partial charge in [0, 0.05) is 17.2 Å². The number of anilines is 1. The first kappa shape index (κ1) is 10.3. The first-order chi connectivity index (χ1) is 6.13. The van der Waals surface area contributed by atoms with Crippen LogP contribution >= 0.6 is 27.5 Å². The van der Waals surface area contributed by atoms with E-state index in [9.17, 15) is 4.79 Å². The zero-order valence-electron chi connectivity index (χ0n) is 6.90. The number of rotatable bonds is 1. The number of amides is 2. The SMILES string of the molecule is CNC(=O)Nc1ccc(Br)c(Cl)c1. The molecule has 0 heterocycles. The number of hydrogen-bond donors (Lipinski definition) is 2. The van der Waals surface area contributed by atoms with E-state index in [1.807, 2.05) is 0 Å². The summed E-state index contributed by atoms with van der Waals surface area (Å²) >= 11 is 9.07. The van der Waals surface area contributed by atoms with Crippen LogP contribution in [-0.2, 0) is 0 Å². The van der Waals surface area contributed by atoms with E-state index in [0.717, 1.165) is 4.47 Å². The lowest BCUT2D eigenvalue weighted by Gasteiger charge is -2.04. The Morgan fingerprint density at radius 1 is 1.54 bits per heavy atom. The minimum atomic E-state index is -0.265. The van der Waals surface area contributed by atoms with Gasteiger partial charge in [-0.25, -0.2) is 4.79 Å². The molecule has 2 amide bonds. The Kier molecular flexibility index (Phi) is 3.57. The van der Waals surface area contributed by atoms with Gasteiger partial charge >= 0.3 is 6.03 Å². The molecule has 2 N–H and O–H groups in total. The van der Waals surface area contributed by atoms with Crippen LogP contribution < -0.4 is 10.6 Å². The summed E-state index contributed by atoms with van der Waals surface area (Å²) in [5.74, 6) is 0. The van der Waals surface area contributed by atoms with Crippen molar-refractivity contribution >= 4 is 39.2 Å². The third kappa shape index (κ3) is 2.90. The number of hydrogen-bond acceptors (Lipinski definition) is 1. The van der Waals surface area contributed by atoms with E-state index in [2.05, 4.69) is 26.6 Å². The molecule has 0 spiro atoms. The molecule has 0 unspecified atom stereocenters. The van der Waals surface area contributed by atoms with Crippen molar-refractivity contribution in [2.45, 2.75) is 0 Å². The van der Waals surface area contributed by atoms with E-state index in [0.29, 0.717) is 10.7 Å². The summed E-state index contributed by atoms with van der Waals surface area (Å²) in [5.41, 5.74) is 0.660. The first-order valence-corrected chi connectivity index (χ1v) is 4.74. The zero-order valence-corrected chi connectivity index (χ0v) is 9.24. The first-order valence-electron chi connectivity index (χ1n) is 3.57. The highest BCUT2D eigenvalue weighted by Gasteiger charge is 2.01. The standard InChI is InChI=1S/C8H8BrClN2O/c1-11-8(13)12-5-2-3-6(9)7(10)4-5/h2-4H,1H3,(H2,11,12,13). The van der Waals surface area contributed by atoms with Crippen molar-refractivity contribution in [3.8, 4) is 0 Å². The predicted molar refractivity (Wildman–Crippen MR) is 57.2 cm³/mol. The van der Waals surface area contributed by atoms with E-state index in [-0.39, 0.29) is 6.03 Å². The molecule has 70 valence electrons. The maximum atomic E-state index is 10.9. The Morgan fingerprint density at radius 3 is 2.77 bits per heavy atom. The molecule has 1 rings (SSSR count). The summed E-state index contributed by atoms with van der Waals surface area (Å²) in [6, 6.07) is 4.93. The van der Waals surface area contributed by atoms with Crippen molar-refractivity contribution in [2.24, 2.45) is 0 Å². The van der Waals surface area contributed by atoms with Crippen LogP contribution in [0.4, 0.5) is 10.5 Å². The average Bonchev–Trinajstić information content (AvgIpc) is 2.11. The molecule has 0 aliphatic heterocycles. The molecule has 13 heavy (non-hydrogen) atoms. The van der Waals surface area contributed by atoms with E-state index in [1.54, 1.807) is 25.2 Å². The predicted octanol–water partition coefficient (Wildman–Crippen LogP) is 2.85. The molecule has 0 saturated carbocycles. The zero-order chi connectivity index (χ0) is 9.84. The van der Waals surface area contributed by atoms with Gasteiger partial charge in [0.25, 0.3) is 0 Å². The number of nitrogens with one attached hydrogen (secondary N) is 2. The Morgan fingerprint density at radius 2 is 2.23 bits per heavy atom. The molecular formula is C8H8BrClN2O. The number of benzene rings is 1. The molecular weight excluding hydrogens is 255 g/mol. The number of halogens is 2. The van der Waals surface area contributed by atoms with E-state index < -0.39 is 0 Å². The highest BCUT2D eigenvalue weighted by molar-refractivity contribution is 9.10. The molecule has 0 radical (unpaired) electrons. The third-order valence-electron chi connectivity index (χ3n) is 1.40. The summed E-state index contributed by atoms with van der Waals surface area (Å²) in [6.07, 6.45) is 0. The second-order valence-electron chi connectivity index (χ2n) is 2.33. The van der Waals surface area contributed by atoms with Crippen molar-refractivity contribution in [2.75, 3.05) is 12.4 Å². The van der Waals surface area contributed by atoms with E-state index in [4.69, 9.17) is 11.6 Å². The van der Waals surface area contributed by atoms with Gasteiger partial charge in [0.1, 0.15) is 0 Å². The van der Waals surface area contributed by atoms with Gasteiger partial charge in [-0.15, -0.1) is 0 Å². The molecule has 3 nitrogen and oxygen atoms in total. The smallest absolute Gasteiger partial charge is 0.318 e. The van der Waals surface area contributed by atoms with E-state index in [1.165, 1.54) is 0 Å². The van der Waals surface area contributed by atoms with Gasteiger partial charge in [-0.1, -0.05) is 11.6 Å². The Hall–Kier alpha value is -0.740. The van der Waals surface area contributed by atoms with Crippen LogP contribution in [0.25, 0.3) is 0 Å². The van der Waals surface area contributed by atoms with Crippen LogP contribution in [0.1, 0.15) is 0 Å². The maximum absolute atomic E-state index is 10.9. The van der Waals surface area contributed by atoms with Crippen LogP contribution in [0, 0.1) is 0 Å². The molecule has 0 saturated heterocycles. The summed E-state index contributed by atoms with van der Waals surface area (Å²) in [7, 11) is 1.55. The normalized spacial score (nSPS) is 9.46. The minimum Gasteiger partial charge on any atom is -0.341 e. The topological polar surface area (TPSA) is 41.1 Å². The summed E-state index contributed by atoms with van der Waals surface area (Å²) in [6.45, 7) is 0. The van der Waals surface area contributed by atoms with Crippen molar-refractivity contribution in [1.29, 1.82) is 0 Å². The fourth-order valence-electron chi connectivity index (χ4n) is 0.767. The van der Waals surface area contributed by atoms with Crippen LogP contribution in [0.15, 0.2) is 22.7 Å². The lowest BCUT2D eigenvalue weighted by atomic mass is 10.3. The number of urea groups is 1. The molecule has 0 aromatic heterocycles.